The van der Waals surface area contributed by atoms with E-state index < -0.39 is 53.3 Å². The molecule has 0 radical (unpaired) electrons. The fourth-order valence-electron chi connectivity index (χ4n) is 5.36. The summed E-state index contributed by atoms with van der Waals surface area (Å²) in [5, 5.41) is 38.4. The standard InChI is InChI=1S/C19H14F2N4OS2.C11H6BrF2NOS.C8H10BN3O2S/c1-2-25-14(10-13(24-25)19-22-8-9-27-19)15-6-7-16(28-15)23-18(26)17-11(20)4-3-5-12(17)21;12-8-4-5-9(17-8)15-11(16)10-6(13)2-1-3-7(10)14;1-2-12-7(9(13)14)5-6(11-12)8-10-3-4-15-8/h3-10H,2H2,1H3,(H,23,26);1-5H,(H,15,16);3-5,13-14H,2H2,1H3. The van der Waals surface area contributed by atoms with Crippen molar-refractivity contribution in [3.05, 3.63) is 134 Å². The quantitative estimate of drug-likeness (QED) is 0.0781. The number of halogens is 5. The number of aromatic nitrogens is 6. The first-order valence-electron chi connectivity index (χ1n) is 17.5. The second kappa shape index (κ2) is 20.3. The van der Waals surface area contributed by atoms with E-state index in [4.69, 9.17) is 10.0 Å². The van der Waals surface area contributed by atoms with Crippen LogP contribution < -0.4 is 16.2 Å². The maximum atomic E-state index is 13.8. The first-order chi connectivity index (χ1) is 28.9. The third-order valence-electron chi connectivity index (χ3n) is 8.04. The Balaban J connectivity index is 0.000000162. The molecule has 0 bridgehead atoms. The lowest BCUT2D eigenvalue weighted by molar-refractivity contribution is 0.101. The van der Waals surface area contributed by atoms with E-state index in [1.165, 1.54) is 57.5 Å². The Labute approximate surface area is 364 Å². The Kier molecular flexibility index (Phi) is 14.9. The predicted octanol–water partition coefficient (Wildman–Crippen LogP) is 9.03. The molecule has 0 aliphatic heterocycles. The number of carbonyl (C=O) groups excluding carboxylic acids is 2. The molecule has 0 unspecified atom stereocenters. The van der Waals surface area contributed by atoms with E-state index in [1.54, 1.807) is 41.3 Å². The van der Waals surface area contributed by atoms with Gasteiger partial charge in [0, 0.05) is 36.2 Å². The van der Waals surface area contributed by atoms with Crippen LogP contribution in [-0.4, -0.2) is 58.5 Å². The number of hydrogen-bond acceptors (Lipinski definition) is 12. The Morgan fingerprint density at radius 3 is 1.62 bits per heavy atom. The predicted molar refractivity (Wildman–Crippen MR) is 232 cm³/mol. The van der Waals surface area contributed by atoms with Gasteiger partial charge in [-0.2, -0.15) is 10.2 Å². The van der Waals surface area contributed by atoms with Gasteiger partial charge in [-0.25, -0.2) is 27.5 Å². The van der Waals surface area contributed by atoms with Gasteiger partial charge in [0.05, 0.1) is 30.0 Å². The number of thiophene rings is 2. The molecule has 0 atom stereocenters. The van der Waals surface area contributed by atoms with Crippen molar-refractivity contribution < 1.29 is 37.2 Å². The molecule has 4 N–H and O–H groups in total. The van der Waals surface area contributed by atoms with E-state index in [-0.39, 0.29) is 0 Å². The number of rotatable bonds is 10. The summed E-state index contributed by atoms with van der Waals surface area (Å²) >= 11 is 8.77. The molecule has 12 nitrogen and oxygen atoms in total. The van der Waals surface area contributed by atoms with Crippen LogP contribution in [0.1, 0.15) is 34.6 Å². The van der Waals surface area contributed by atoms with Gasteiger partial charge >= 0.3 is 7.12 Å². The summed E-state index contributed by atoms with van der Waals surface area (Å²) in [5.74, 6) is -5.17. The number of benzene rings is 2. The first-order valence-corrected chi connectivity index (χ1v) is 21.7. The Bertz CT molecular complexity index is 2660. The highest BCUT2D eigenvalue weighted by atomic mass is 79.9. The lowest BCUT2D eigenvalue weighted by Gasteiger charge is -2.05. The summed E-state index contributed by atoms with van der Waals surface area (Å²) in [7, 11) is -1.49. The monoisotopic (exact) mass is 956 g/mol. The van der Waals surface area contributed by atoms with Gasteiger partial charge < -0.3 is 20.7 Å². The van der Waals surface area contributed by atoms with E-state index in [0.29, 0.717) is 34.4 Å². The second-order valence-electron chi connectivity index (χ2n) is 11.9. The van der Waals surface area contributed by atoms with Gasteiger partial charge in [0.15, 0.2) is 0 Å². The number of hydrogen-bond donors (Lipinski definition) is 4. The van der Waals surface area contributed by atoms with E-state index in [2.05, 4.69) is 46.7 Å². The average molecular weight is 958 g/mol. The Morgan fingerprint density at radius 1 is 0.700 bits per heavy atom. The minimum absolute atomic E-state index is 0.391. The molecule has 8 aromatic rings. The van der Waals surface area contributed by atoms with Gasteiger partial charge in [0.25, 0.3) is 11.8 Å². The minimum atomic E-state index is -1.49. The van der Waals surface area contributed by atoms with Crippen molar-refractivity contribution in [2.75, 3.05) is 10.6 Å². The smallest absolute Gasteiger partial charge is 0.422 e. The molecule has 0 aliphatic rings. The van der Waals surface area contributed by atoms with Crippen molar-refractivity contribution in [1.29, 1.82) is 0 Å². The molecule has 2 aromatic carbocycles. The number of aryl methyl sites for hydroxylation is 2. The zero-order valence-corrected chi connectivity index (χ0v) is 36.0. The normalized spacial score (nSPS) is 10.7. The molecule has 0 saturated carbocycles. The summed E-state index contributed by atoms with van der Waals surface area (Å²) in [4.78, 5) is 33.2. The van der Waals surface area contributed by atoms with E-state index >= 15 is 0 Å². The fourth-order valence-corrected chi connectivity index (χ4v) is 8.75. The summed E-state index contributed by atoms with van der Waals surface area (Å²) in [6, 6.07) is 17.1. The third-order valence-corrected chi connectivity index (χ3v) is 12.2. The zero-order valence-electron chi connectivity index (χ0n) is 31.1. The SMILES string of the molecule is CCn1nc(-c2nccs2)cc1-c1ccc(NC(=O)c2c(F)cccc2F)s1.CCn1nc(-c2nccs2)cc1B(O)O.O=C(Nc1ccc(Br)s1)c1c(F)cccc1F. The number of anilines is 2. The highest BCUT2D eigenvalue weighted by Crippen LogP contribution is 2.35. The van der Waals surface area contributed by atoms with Crippen LogP contribution in [-0.2, 0) is 13.1 Å². The molecule has 8 rings (SSSR count). The van der Waals surface area contributed by atoms with Crippen LogP contribution in [0.2, 0.25) is 0 Å². The molecule has 6 heterocycles. The maximum absolute atomic E-state index is 13.8. The third kappa shape index (κ3) is 10.7. The highest BCUT2D eigenvalue weighted by Gasteiger charge is 2.22. The van der Waals surface area contributed by atoms with Gasteiger partial charge in [-0.15, -0.1) is 45.3 Å². The molecular formula is C38H30BBrF4N8O4S4. The fraction of sp³-hybridized carbons (Fsp3) is 0.105. The number of carbonyl (C=O) groups is 2. The maximum Gasteiger partial charge on any atom is 0.507 e. The van der Waals surface area contributed by atoms with Crippen molar-refractivity contribution in [3.8, 4) is 32.0 Å². The van der Waals surface area contributed by atoms with E-state index in [1.807, 2.05) is 41.4 Å². The van der Waals surface area contributed by atoms with E-state index in [0.717, 1.165) is 54.3 Å². The largest absolute Gasteiger partial charge is 0.507 e. The molecule has 0 aliphatic carbocycles. The molecule has 60 heavy (non-hydrogen) atoms. The van der Waals surface area contributed by atoms with E-state index in [9.17, 15) is 27.2 Å². The molecular weight excluding hydrogens is 927 g/mol. The summed E-state index contributed by atoms with van der Waals surface area (Å²) in [6.45, 7) is 5.14. The van der Waals surface area contributed by atoms with Gasteiger partial charge in [0.2, 0.25) is 0 Å². The summed E-state index contributed by atoms with van der Waals surface area (Å²) < 4.78 is 58.4. The zero-order chi connectivity index (χ0) is 42.9. The molecule has 0 saturated heterocycles. The Morgan fingerprint density at radius 2 is 1.18 bits per heavy atom. The molecule has 0 spiro atoms. The molecule has 0 fully saturated rings. The number of amides is 2. The van der Waals surface area contributed by atoms with Crippen LogP contribution in [0.4, 0.5) is 27.6 Å². The number of thiazole rings is 2. The average Bonchev–Trinajstić information content (AvgIpc) is 4.07. The summed E-state index contributed by atoms with van der Waals surface area (Å²) in [6.07, 6.45) is 3.42. The van der Waals surface area contributed by atoms with Crippen LogP contribution in [0, 0.1) is 23.3 Å². The van der Waals surface area contributed by atoms with Crippen LogP contribution in [0.15, 0.2) is 99.7 Å². The van der Waals surface area contributed by atoms with Gasteiger partial charge in [-0.05, 0) is 90.4 Å². The van der Waals surface area contributed by atoms with Crippen molar-refractivity contribution in [1.82, 2.24) is 29.5 Å². The van der Waals surface area contributed by atoms with Crippen molar-refractivity contribution in [3.63, 3.8) is 0 Å². The number of nitrogens with zero attached hydrogens (tertiary/aromatic N) is 6. The second-order valence-corrected chi connectivity index (χ2v) is 17.3. The molecule has 2 amide bonds. The van der Waals surface area contributed by atoms with Gasteiger partial charge in [-0.3, -0.25) is 19.0 Å². The minimum Gasteiger partial charge on any atom is -0.422 e. The summed E-state index contributed by atoms with van der Waals surface area (Å²) in [5.41, 5.74) is 1.56. The lowest BCUT2D eigenvalue weighted by atomic mass is 9.86. The molecule has 6 aromatic heterocycles. The van der Waals surface area contributed by atoms with Crippen LogP contribution >= 0.6 is 61.3 Å². The van der Waals surface area contributed by atoms with Crippen molar-refractivity contribution >= 4 is 95.8 Å². The van der Waals surface area contributed by atoms with Crippen LogP contribution in [0.25, 0.3) is 32.0 Å². The Hall–Kier alpha value is -5.36. The van der Waals surface area contributed by atoms with Gasteiger partial charge in [-0.1, -0.05) is 12.1 Å². The first kappa shape index (κ1) is 44.2. The van der Waals surface area contributed by atoms with Crippen LogP contribution in [0.3, 0.4) is 0 Å². The number of nitrogens with one attached hydrogen (secondary N) is 2. The van der Waals surface area contributed by atoms with Gasteiger partial charge in [0.1, 0.15) is 55.8 Å². The molecule has 22 heteroatoms. The highest BCUT2D eigenvalue weighted by molar-refractivity contribution is 9.11. The van der Waals surface area contributed by atoms with Crippen LogP contribution in [0.5, 0.6) is 0 Å². The van der Waals surface area contributed by atoms with Crippen molar-refractivity contribution in [2.24, 2.45) is 0 Å². The molecule has 308 valence electrons. The van der Waals surface area contributed by atoms with Crippen molar-refractivity contribution in [2.45, 2.75) is 26.9 Å². The lowest BCUT2D eigenvalue weighted by Crippen LogP contribution is -2.36. The topological polar surface area (TPSA) is 160 Å².